The predicted molar refractivity (Wildman–Crippen MR) is 119 cm³/mol. The zero-order valence-corrected chi connectivity index (χ0v) is 18.9. The molecule has 1 N–H and O–H groups in total. The number of nitro benzene ring substituents is 1. The van der Waals surface area contributed by atoms with Crippen LogP contribution in [0.5, 0.6) is 0 Å². The van der Waals surface area contributed by atoms with Crippen molar-refractivity contribution in [2.75, 3.05) is 32.0 Å². The number of nitrogens with zero attached hydrogens (tertiary/aromatic N) is 3. The summed E-state index contributed by atoms with van der Waals surface area (Å²) in [5, 5.41) is 13.7. The number of non-ortho nitro benzene ring substituents is 1. The number of hydrogen-bond acceptors (Lipinski definition) is 6. The molecule has 0 aliphatic heterocycles. The first-order valence-electron chi connectivity index (χ1n) is 9.94. The summed E-state index contributed by atoms with van der Waals surface area (Å²) in [7, 11) is -1.80. The summed E-state index contributed by atoms with van der Waals surface area (Å²) < 4.78 is 26.4. The van der Waals surface area contributed by atoms with Crippen molar-refractivity contribution in [1.82, 2.24) is 9.21 Å². The van der Waals surface area contributed by atoms with Crippen LogP contribution in [0, 0.1) is 10.1 Å². The Morgan fingerprint density at radius 1 is 1.13 bits per heavy atom. The number of hydrogen-bond donors (Lipinski definition) is 1. The first-order chi connectivity index (χ1) is 14.6. The number of benzene rings is 2. The van der Waals surface area contributed by atoms with Crippen molar-refractivity contribution < 1.29 is 18.1 Å². The van der Waals surface area contributed by atoms with Gasteiger partial charge in [0, 0.05) is 37.0 Å². The number of carbonyl (C=O) groups excluding carboxylic acids is 1. The van der Waals surface area contributed by atoms with Crippen molar-refractivity contribution in [3.63, 3.8) is 0 Å². The van der Waals surface area contributed by atoms with Crippen LogP contribution in [0.4, 0.5) is 11.4 Å². The van der Waals surface area contributed by atoms with E-state index in [1.54, 1.807) is 50.1 Å². The van der Waals surface area contributed by atoms with Gasteiger partial charge in [-0.1, -0.05) is 26.0 Å². The molecular weight excluding hydrogens is 420 g/mol. The van der Waals surface area contributed by atoms with Crippen molar-refractivity contribution >= 4 is 27.3 Å². The summed E-state index contributed by atoms with van der Waals surface area (Å²) in [5.41, 5.74) is 1.22. The standard InChI is InChI=1S/C21H28N4O5S/c1-5-24(6-2)31(29,30)20-12-10-18(11-13-20)22-21(26)15-23(4)16(3)17-8-7-9-19(14-17)25(27)28/h7-14,16H,5-6,15H2,1-4H3,(H,22,26)/t16-/m1/s1. The molecule has 9 nitrogen and oxygen atoms in total. The van der Waals surface area contributed by atoms with Crippen LogP contribution in [0.15, 0.2) is 53.4 Å². The molecule has 2 aromatic carbocycles. The lowest BCUT2D eigenvalue weighted by Crippen LogP contribution is -2.32. The third kappa shape index (κ3) is 6.09. The number of nitrogens with one attached hydrogen (secondary N) is 1. The quantitative estimate of drug-likeness (QED) is 0.441. The number of anilines is 1. The SMILES string of the molecule is CCN(CC)S(=O)(=O)c1ccc(NC(=O)CN(C)[C@H](C)c2cccc([N+](=O)[O-])c2)cc1. The average Bonchev–Trinajstić information content (AvgIpc) is 2.74. The van der Waals surface area contributed by atoms with E-state index in [1.807, 2.05) is 6.92 Å². The number of likely N-dealkylation sites (N-methyl/N-ethyl adjacent to an activating group) is 1. The Morgan fingerprint density at radius 3 is 2.29 bits per heavy atom. The Kier molecular flexibility index (Phi) is 8.26. The molecule has 0 aliphatic carbocycles. The fourth-order valence-electron chi connectivity index (χ4n) is 3.14. The van der Waals surface area contributed by atoms with Crippen molar-refractivity contribution in [3.05, 3.63) is 64.2 Å². The molecule has 2 rings (SSSR count). The maximum absolute atomic E-state index is 12.5. The molecule has 0 fully saturated rings. The van der Waals surface area contributed by atoms with E-state index >= 15 is 0 Å². The van der Waals surface area contributed by atoms with E-state index in [-0.39, 0.29) is 29.1 Å². The zero-order chi connectivity index (χ0) is 23.2. The molecule has 0 unspecified atom stereocenters. The molecule has 0 spiro atoms. The topological polar surface area (TPSA) is 113 Å². The molecule has 0 bridgehead atoms. The van der Waals surface area contributed by atoms with Crippen LogP contribution >= 0.6 is 0 Å². The summed E-state index contributed by atoms with van der Waals surface area (Å²) in [6, 6.07) is 12.1. The van der Waals surface area contributed by atoms with Crippen molar-refractivity contribution in [2.24, 2.45) is 0 Å². The van der Waals surface area contributed by atoms with Gasteiger partial charge >= 0.3 is 0 Å². The van der Waals surface area contributed by atoms with Crippen LogP contribution in [-0.4, -0.2) is 55.1 Å². The highest BCUT2D eigenvalue weighted by atomic mass is 32.2. The second-order valence-electron chi connectivity index (χ2n) is 7.11. The highest BCUT2D eigenvalue weighted by Gasteiger charge is 2.21. The molecule has 0 saturated carbocycles. The second-order valence-corrected chi connectivity index (χ2v) is 9.04. The Bertz CT molecular complexity index is 1020. The van der Waals surface area contributed by atoms with E-state index in [0.717, 1.165) is 5.56 Å². The molecule has 168 valence electrons. The van der Waals surface area contributed by atoms with Crippen LogP contribution < -0.4 is 5.32 Å². The number of amides is 1. The number of nitro groups is 1. The van der Waals surface area contributed by atoms with E-state index < -0.39 is 14.9 Å². The summed E-state index contributed by atoms with van der Waals surface area (Å²) >= 11 is 0. The number of sulfonamides is 1. The van der Waals surface area contributed by atoms with Gasteiger partial charge in [0.05, 0.1) is 16.4 Å². The van der Waals surface area contributed by atoms with Gasteiger partial charge in [-0.3, -0.25) is 19.8 Å². The summed E-state index contributed by atoms with van der Waals surface area (Å²) in [5.74, 6) is -0.279. The third-order valence-corrected chi connectivity index (χ3v) is 7.16. The third-order valence-electron chi connectivity index (χ3n) is 5.10. The van der Waals surface area contributed by atoms with Crippen molar-refractivity contribution in [1.29, 1.82) is 0 Å². The van der Waals surface area contributed by atoms with E-state index in [0.29, 0.717) is 18.8 Å². The first kappa shape index (κ1) is 24.4. The van der Waals surface area contributed by atoms with Crippen LogP contribution in [-0.2, 0) is 14.8 Å². The smallest absolute Gasteiger partial charge is 0.269 e. The summed E-state index contributed by atoms with van der Waals surface area (Å²) in [6.07, 6.45) is 0. The lowest BCUT2D eigenvalue weighted by Gasteiger charge is -2.24. The molecule has 2 aromatic rings. The minimum absolute atomic E-state index is 0.00181. The van der Waals surface area contributed by atoms with Crippen molar-refractivity contribution in [3.8, 4) is 0 Å². The Labute approximate surface area is 182 Å². The predicted octanol–water partition coefficient (Wildman–Crippen LogP) is 3.26. The Morgan fingerprint density at radius 2 is 1.74 bits per heavy atom. The van der Waals surface area contributed by atoms with Crippen LogP contribution in [0.3, 0.4) is 0 Å². The van der Waals surface area contributed by atoms with Gasteiger partial charge in [-0.25, -0.2) is 8.42 Å². The van der Waals surface area contributed by atoms with E-state index in [2.05, 4.69) is 5.32 Å². The van der Waals surface area contributed by atoms with Gasteiger partial charge < -0.3 is 5.32 Å². The van der Waals surface area contributed by atoms with E-state index in [4.69, 9.17) is 0 Å². The van der Waals surface area contributed by atoms with E-state index in [9.17, 15) is 23.3 Å². The molecule has 1 atom stereocenters. The van der Waals surface area contributed by atoms with Gasteiger partial charge in [0.25, 0.3) is 5.69 Å². The van der Waals surface area contributed by atoms with Gasteiger partial charge in [-0.15, -0.1) is 0 Å². The van der Waals surface area contributed by atoms with E-state index in [1.165, 1.54) is 28.6 Å². The van der Waals surface area contributed by atoms with Crippen molar-refractivity contribution in [2.45, 2.75) is 31.7 Å². The summed E-state index contributed by atoms with van der Waals surface area (Å²) in [4.78, 5) is 24.9. The lowest BCUT2D eigenvalue weighted by atomic mass is 10.1. The fraction of sp³-hybridized carbons (Fsp3) is 0.381. The monoisotopic (exact) mass is 448 g/mol. The van der Waals surface area contributed by atoms with Gasteiger partial charge in [0.1, 0.15) is 0 Å². The van der Waals surface area contributed by atoms with Crippen LogP contribution in [0.2, 0.25) is 0 Å². The van der Waals surface area contributed by atoms with Gasteiger partial charge in [0.2, 0.25) is 15.9 Å². The lowest BCUT2D eigenvalue weighted by molar-refractivity contribution is -0.384. The van der Waals surface area contributed by atoms with Gasteiger partial charge in [0.15, 0.2) is 0 Å². The number of carbonyl (C=O) groups is 1. The van der Waals surface area contributed by atoms with Gasteiger partial charge in [-0.05, 0) is 43.8 Å². The Hall–Kier alpha value is -2.82. The maximum Gasteiger partial charge on any atom is 0.269 e. The van der Waals surface area contributed by atoms with Gasteiger partial charge in [-0.2, -0.15) is 4.31 Å². The molecule has 31 heavy (non-hydrogen) atoms. The molecular formula is C21H28N4O5S. The normalized spacial score (nSPS) is 12.7. The average molecular weight is 449 g/mol. The minimum Gasteiger partial charge on any atom is -0.325 e. The zero-order valence-electron chi connectivity index (χ0n) is 18.1. The highest BCUT2D eigenvalue weighted by molar-refractivity contribution is 7.89. The molecule has 0 aliphatic rings. The second kappa shape index (κ2) is 10.5. The fourth-order valence-corrected chi connectivity index (χ4v) is 4.60. The molecule has 10 heteroatoms. The maximum atomic E-state index is 12.5. The molecule has 1 amide bonds. The molecule has 0 heterocycles. The number of rotatable bonds is 10. The highest BCUT2D eigenvalue weighted by Crippen LogP contribution is 2.23. The van der Waals surface area contributed by atoms with Crippen LogP contribution in [0.1, 0.15) is 32.4 Å². The molecule has 0 radical (unpaired) electrons. The van der Waals surface area contributed by atoms with Crippen LogP contribution in [0.25, 0.3) is 0 Å². The largest absolute Gasteiger partial charge is 0.325 e. The first-order valence-corrected chi connectivity index (χ1v) is 11.4. The Balaban J connectivity index is 2.02. The summed E-state index contributed by atoms with van der Waals surface area (Å²) in [6.45, 7) is 6.24. The molecule has 0 saturated heterocycles. The minimum atomic E-state index is -3.55. The molecule has 0 aromatic heterocycles.